The lowest BCUT2D eigenvalue weighted by molar-refractivity contribution is -0.138. The zero-order chi connectivity index (χ0) is 13.2. The van der Waals surface area contributed by atoms with Gasteiger partial charge in [0.25, 0.3) is 0 Å². The van der Waals surface area contributed by atoms with Crippen LogP contribution in [0.5, 0.6) is 0 Å². The van der Waals surface area contributed by atoms with Gasteiger partial charge in [0.15, 0.2) is 0 Å². The van der Waals surface area contributed by atoms with Gasteiger partial charge in [-0.05, 0) is 26.2 Å². The molecule has 0 atom stereocenters. The molecule has 2 rings (SSSR count). The summed E-state index contributed by atoms with van der Waals surface area (Å²) in [5.74, 6) is 0.583. The number of hydrogen-bond acceptors (Lipinski definition) is 3. The Morgan fingerprint density at radius 1 is 1.11 bits per heavy atom. The van der Waals surface area contributed by atoms with E-state index in [-0.39, 0.29) is 17.6 Å². The van der Waals surface area contributed by atoms with E-state index in [0.717, 1.165) is 25.7 Å². The Balaban J connectivity index is 1.94. The van der Waals surface area contributed by atoms with Crippen molar-refractivity contribution in [3.63, 3.8) is 0 Å². The molecule has 0 bridgehead atoms. The monoisotopic (exact) mass is 274 g/mol. The van der Waals surface area contributed by atoms with Crippen LogP contribution >= 0.6 is 0 Å². The molecule has 0 aromatic heterocycles. The molecule has 1 heterocycles. The normalized spacial score (nSPS) is 23.5. The van der Waals surface area contributed by atoms with Crippen molar-refractivity contribution in [2.24, 2.45) is 5.92 Å². The molecule has 0 aromatic carbocycles. The molecule has 104 valence electrons. The van der Waals surface area contributed by atoms with Crippen LogP contribution in [0.4, 0.5) is 0 Å². The zero-order valence-corrected chi connectivity index (χ0v) is 11.8. The minimum Gasteiger partial charge on any atom is -0.341 e. The first-order chi connectivity index (χ1) is 8.54. The van der Waals surface area contributed by atoms with Crippen molar-refractivity contribution in [2.75, 3.05) is 31.9 Å². The van der Waals surface area contributed by atoms with Crippen LogP contribution < -0.4 is 0 Å². The Kier molecular flexibility index (Phi) is 4.27. The van der Waals surface area contributed by atoms with Crippen LogP contribution in [0, 0.1) is 5.92 Å². The van der Waals surface area contributed by atoms with Crippen LogP contribution in [-0.4, -0.2) is 55.5 Å². The molecule has 6 heteroatoms. The molecule has 1 saturated heterocycles. The summed E-state index contributed by atoms with van der Waals surface area (Å²) in [6.45, 7) is 3.91. The van der Waals surface area contributed by atoms with E-state index in [1.54, 1.807) is 6.92 Å². The maximum Gasteiger partial charge on any atom is 0.225 e. The lowest BCUT2D eigenvalue weighted by Crippen LogP contribution is -2.41. The highest BCUT2D eigenvalue weighted by Gasteiger charge is 2.31. The van der Waals surface area contributed by atoms with Crippen molar-refractivity contribution < 1.29 is 13.2 Å². The van der Waals surface area contributed by atoms with E-state index in [1.807, 2.05) is 4.90 Å². The highest BCUT2D eigenvalue weighted by molar-refractivity contribution is 7.89. The lowest BCUT2D eigenvalue weighted by Gasteiger charge is -2.30. The van der Waals surface area contributed by atoms with E-state index in [9.17, 15) is 13.2 Å². The Bertz CT molecular complexity index is 404. The fourth-order valence-electron chi connectivity index (χ4n) is 2.49. The number of sulfonamides is 1. The molecule has 1 aliphatic carbocycles. The van der Waals surface area contributed by atoms with E-state index >= 15 is 0 Å². The van der Waals surface area contributed by atoms with Gasteiger partial charge < -0.3 is 4.90 Å². The van der Waals surface area contributed by atoms with E-state index in [4.69, 9.17) is 0 Å². The van der Waals surface area contributed by atoms with Crippen molar-refractivity contribution in [3.05, 3.63) is 0 Å². The van der Waals surface area contributed by atoms with Crippen LogP contribution in [0.3, 0.4) is 0 Å². The Morgan fingerprint density at radius 2 is 1.83 bits per heavy atom. The van der Waals surface area contributed by atoms with Gasteiger partial charge in [0.1, 0.15) is 0 Å². The molecule has 0 N–H and O–H groups in total. The molecule has 18 heavy (non-hydrogen) atoms. The second kappa shape index (κ2) is 5.57. The molecule has 1 amide bonds. The zero-order valence-electron chi connectivity index (χ0n) is 11.0. The molecule has 5 nitrogen and oxygen atoms in total. The second-order valence-electron chi connectivity index (χ2n) is 5.11. The predicted octanol–water partition coefficient (Wildman–Crippen LogP) is 0.670. The highest BCUT2D eigenvalue weighted by atomic mass is 32.2. The molecule has 1 aliphatic heterocycles. The van der Waals surface area contributed by atoms with Gasteiger partial charge in [0.05, 0.1) is 5.75 Å². The van der Waals surface area contributed by atoms with Crippen LogP contribution in [0.2, 0.25) is 0 Å². The van der Waals surface area contributed by atoms with Crippen LogP contribution in [0.25, 0.3) is 0 Å². The number of carbonyl (C=O) groups is 1. The predicted molar refractivity (Wildman–Crippen MR) is 69.6 cm³/mol. The summed E-state index contributed by atoms with van der Waals surface area (Å²) in [5.41, 5.74) is 0. The first-order valence-corrected chi connectivity index (χ1v) is 8.42. The molecular weight excluding hydrogens is 252 g/mol. The Labute approximate surface area is 109 Å². The summed E-state index contributed by atoms with van der Waals surface area (Å²) in [5, 5.41) is 0. The smallest absolute Gasteiger partial charge is 0.225 e. The minimum absolute atomic E-state index is 0.142. The molecule has 1 saturated carbocycles. The summed E-state index contributed by atoms with van der Waals surface area (Å²) in [6, 6.07) is 0. The third-order valence-corrected chi connectivity index (χ3v) is 5.86. The molecule has 0 aromatic rings. The fraction of sp³-hybridized carbons (Fsp3) is 0.917. The second-order valence-corrected chi connectivity index (χ2v) is 7.36. The van der Waals surface area contributed by atoms with E-state index < -0.39 is 10.0 Å². The number of amides is 1. The van der Waals surface area contributed by atoms with Crippen molar-refractivity contribution in [3.8, 4) is 0 Å². The Hall–Kier alpha value is -0.620. The van der Waals surface area contributed by atoms with Crippen molar-refractivity contribution in [1.29, 1.82) is 0 Å². The van der Waals surface area contributed by atoms with E-state index in [0.29, 0.717) is 26.2 Å². The molecular formula is C12H22N2O3S. The third kappa shape index (κ3) is 2.85. The summed E-state index contributed by atoms with van der Waals surface area (Å²) in [7, 11) is -3.11. The largest absolute Gasteiger partial charge is 0.341 e. The minimum atomic E-state index is -3.11. The number of carbonyl (C=O) groups excluding carboxylic acids is 1. The van der Waals surface area contributed by atoms with Gasteiger partial charge in [-0.15, -0.1) is 0 Å². The van der Waals surface area contributed by atoms with Crippen LogP contribution in [0.15, 0.2) is 0 Å². The maximum atomic E-state index is 12.1. The van der Waals surface area contributed by atoms with Gasteiger partial charge in [0.2, 0.25) is 15.9 Å². The van der Waals surface area contributed by atoms with Gasteiger partial charge in [-0.3, -0.25) is 4.79 Å². The highest BCUT2D eigenvalue weighted by Crippen LogP contribution is 2.28. The topological polar surface area (TPSA) is 57.7 Å². The number of nitrogens with zero attached hydrogens (tertiary/aromatic N) is 2. The fourth-order valence-corrected chi connectivity index (χ4v) is 3.62. The molecule has 0 spiro atoms. The average molecular weight is 274 g/mol. The van der Waals surface area contributed by atoms with Gasteiger partial charge in [-0.2, -0.15) is 0 Å². The lowest BCUT2D eigenvalue weighted by atomic mass is 9.84. The molecule has 2 fully saturated rings. The van der Waals surface area contributed by atoms with Gasteiger partial charge >= 0.3 is 0 Å². The Morgan fingerprint density at radius 3 is 2.39 bits per heavy atom. The molecule has 2 aliphatic rings. The summed E-state index contributed by atoms with van der Waals surface area (Å²) >= 11 is 0. The third-order valence-electron chi connectivity index (χ3n) is 3.98. The maximum absolute atomic E-state index is 12.1. The first kappa shape index (κ1) is 13.8. The van der Waals surface area contributed by atoms with Gasteiger partial charge in [-0.25, -0.2) is 12.7 Å². The number of rotatable bonds is 3. The van der Waals surface area contributed by atoms with Crippen molar-refractivity contribution >= 4 is 15.9 Å². The summed E-state index contributed by atoms with van der Waals surface area (Å²) in [4.78, 5) is 14.0. The van der Waals surface area contributed by atoms with Crippen molar-refractivity contribution in [2.45, 2.75) is 32.6 Å². The standard InChI is InChI=1S/C12H22N2O3S/c1-2-18(16,17)14-8-4-7-13(9-10-14)12(15)11-5-3-6-11/h11H,2-10H2,1H3. The molecule has 0 radical (unpaired) electrons. The quantitative estimate of drug-likeness (QED) is 0.760. The summed E-state index contributed by atoms with van der Waals surface area (Å²) < 4.78 is 25.1. The van der Waals surface area contributed by atoms with Crippen LogP contribution in [0.1, 0.15) is 32.6 Å². The SMILES string of the molecule is CCS(=O)(=O)N1CCCN(C(=O)C2CCC2)CC1. The van der Waals surface area contributed by atoms with Gasteiger partial charge in [-0.1, -0.05) is 6.42 Å². The van der Waals surface area contributed by atoms with Crippen LogP contribution in [-0.2, 0) is 14.8 Å². The van der Waals surface area contributed by atoms with Crippen molar-refractivity contribution in [1.82, 2.24) is 9.21 Å². The number of hydrogen-bond donors (Lipinski definition) is 0. The van der Waals surface area contributed by atoms with E-state index in [2.05, 4.69) is 0 Å². The summed E-state index contributed by atoms with van der Waals surface area (Å²) in [6.07, 6.45) is 3.91. The van der Waals surface area contributed by atoms with E-state index in [1.165, 1.54) is 4.31 Å². The van der Waals surface area contributed by atoms with Gasteiger partial charge in [0, 0.05) is 32.1 Å². The average Bonchev–Trinajstić information content (AvgIpc) is 2.52. The molecule has 0 unspecified atom stereocenters. The first-order valence-electron chi connectivity index (χ1n) is 6.81.